The molecule has 1 aromatic heterocycles. The zero-order valence-electron chi connectivity index (χ0n) is 14.9. The summed E-state index contributed by atoms with van der Waals surface area (Å²) < 4.78 is 13.5. The van der Waals surface area contributed by atoms with Crippen molar-refractivity contribution in [3.8, 4) is 0 Å². The highest BCUT2D eigenvalue weighted by molar-refractivity contribution is 6.30. The zero-order valence-corrected chi connectivity index (χ0v) is 15.6. The van der Waals surface area contributed by atoms with Gasteiger partial charge in [0.15, 0.2) is 0 Å². The van der Waals surface area contributed by atoms with Crippen LogP contribution in [0.15, 0.2) is 24.4 Å². The molecule has 1 aliphatic heterocycles. The lowest BCUT2D eigenvalue weighted by atomic mass is 10.1. The molecule has 1 atom stereocenters. The first-order chi connectivity index (χ1) is 13.0. The molecule has 0 bridgehead atoms. The first-order valence-electron chi connectivity index (χ1n) is 8.65. The molecule has 2 amide bonds. The number of anilines is 1. The number of nitrogens with zero attached hydrogens (tertiary/aromatic N) is 3. The number of hydrogen-bond donors (Lipinski definition) is 3. The number of nitrogens with one attached hydrogen (secondary N) is 2. The Morgan fingerprint density at radius 1 is 1.48 bits per heavy atom. The van der Waals surface area contributed by atoms with Gasteiger partial charge >= 0.3 is 6.03 Å². The van der Waals surface area contributed by atoms with Crippen molar-refractivity contribution in [3.05, 3.63) is 52.1 Å². The van der Waals surface area contributed by atoms with E-state index in [9.17, 15) is 9.18 Å². The molecule has 0 unspecified atom stereocenters. The van der Waals surface area contributed by atoms with Crippen molar-refractivity contribution in [1.82, 2.24) is 20.2 Å². The molecule has 9 heteroatoms. The Labute approximate surface area is 161 Å². The van der Waals surface area contributed by atoms with Crippen LogP contribution >= 0.6 is 11.6 Å². The van der Waals surface area contributed by atoms with Crippen LogP contribution in [0.2, 0.25) is 5.02 Å². The molecule has 144 valence electrons. The Bertz CT molecular complexity index is 835. The van der Waals surface area contributed by atoms with Gasteiger partial charge in [-0.15, -0.1) is 0 Å². The van der Waals surface area contributed by atoms with Crippen LogP contribution in [0.5, 0.6) is 0 Å². The topological polar surface area (TPSA) is 90.4 Å². The van der Waals surface area contributed by atoms with E-state index >= 15 is 0 Å². The minimum atomic E-state index is -0.510. The summed E-state index contributed by atoms with van der Waals surface area (Å²) in [7, 11) is 0. The third-order valence-electron chi connectivity index (χ3n) is 4.31. The highest BCUT2D eigenvalue weighted by Gasteiger charge is 2.22. The standard InChI is InChI=1S/C18H21ClFN5O2/c1-11(10-26)23-17-21-8-13-4-5-25(9-16(13)24-17)18(27)22-7-12-2-3-14(19)15(20)6-12/h2-3,6,8,11,26H,4-5,7,9-10H2,1H3,(H,22,27)(H,21,23,24)/t11-/m0/s1. The van der Waals surface area contributed by atoms with Crippen LogP contribution < -0.4 is 10.6 Å². The number of aliphatic hydroxyl groups excluding tert-OH is 1. The number of rotatable bonds is 5. The van der Waals surface area contributed by atoms with Crippen molar-refractivity contribution in [1.29, 1.82) is 0 Å². The molecule has 2 aromatic rings. The Kier molecular flexibility index (Phi) is 6.08. The fraction of sp³-hybridized carbons (Fsp3) is 0.389. The molecule has 3 N–H and O–H groups in total. The summed E-state index contributed by atoms with van der Waals surface area (Å²) in [5.74, 6) is -0.0849. The number of benzene rings is 1. The number of halogens is 2. The average Bonchev–Trinajstić information content (AvgIpc) is 2.68. The minimum Gasteiger partial charge on any atom is -0.394 e. The predicted octanol–water partition coefficient (Wildman–Crippen LogP) is 2.33. The van der Waals surface area contributed by atoms with Gasteiger partial charge in [-0.1, -0.05) is 17.7 Å². The fourth-order valence-corrected chi connectivity index (χ4v) is 2.87. The van der Waals surface area contributed by atoms with Gasteiger partial charge < -0.3 is 20.6 Å². The van der Waals surface area contributed by atoms with Gasteiger partial charge in [0, 0.05) is 25.3 Å². The Morgan fingerprint density at radius 3 is 3.04 bits per heavy atom. The monoisotopic (exact) mass is 393 g/mol. The van der Waals surface area contributed by atoms with Crippen molar-refractivity contribution in [3.63, 3.8) is 0 Å². The first kappa shape index (κ1) is 19.3. The highest BCUT2D eigenvalue weighted by Crippen LogP contribution is 2.19. The first-order valence-corrected chi connectivity index (χ1v) is 9.03. The van der Waals surface area contributed by atoms with Gasteiger partial charge in [-0.25, -0.2) is 19.2 Å². The third-order valence-corrected chi connectivity index (χ3v) is 4.62. The number of carbonyl (C=O) groups excluding carboxylic acids is 1. The molecule has 2 heterocycles. The van der Waals surface area contributed by atoms with Gasteiger partial charge in [-0.05, 0) is 36.6 Å². The summed E-state index contributed by atoms with van der Waals surface area (Å²) in [5, 5.41) is 15.0. The normalized spacial score (nSPS) is 14.4. The second-order valence-electron chi connectivity index (χ2n) is 6.47. The average molecular weight is 394 g/mol. The van der Waals surface area contributed by atoms with Crippen molar-refractivity contribution < 1.29 is 14.3 Å². The summed E-state index contributed by atoms with van der Waals surface area (Å²) in [4.78, 5) is 22.8. The lowest BCUT2D eigenvalue weighted by molar-refractivity contribution is 0.191. The number of fused-ring (bicyclic) bond motifs is 1. The van der Waals surface area contributed by atoms with E-state index in [2.05, 4.69) is 20.6 Å². The van der Waals surface area contributed by atoms with E-state index in [1.54, 1.807) is 17.2 Å². The molecule has 0 saturated carbocycles. The molecule has 0 aliphatic carbocycles. The van der Waals surface area contributed by atoms with Crippen molar-refractivity contribution >= 4 is 23.6 Å². The molecule has 0 fully saturated rings. The van der Waals surface area contributed by atoms with Gasteiger partial charge in [0.25, 0.3) is 0 Å². The van der Waals surface area contributed by atoms with Crippen LogP contribution in [0.4, 0.5) is 15.1 Å². The third kappa shape index (κ3) is 4.84. The molecule has 0 saturated heterocycles. The van der Waals surface area contributed by atoms with Crippen LogP contribution in [-0.4, -0.2) is 45.2 Å². The lowest BCUT2D eigenvalue weighted by Crippen LogP contribution is -2.42. The van der Waals surface area contributed by atoms with Crippen LogP contribution in [0.3, 0.4) is 0 Å². The second-order valence-corrected chi connectivity index (χ2v) is 6.88. The minimum absolute atomic E-state index is 0.0275. The lowest BCUT2D eigenvalue weighted by Gasteiger charge is -2.28. The summed E-state index contributed by atoms with van der Waals surface area (Å²) in [6.45, 7) is 2.92. The second kappa shape index (κ2) is 8.49. The number of aliphatic hydroxyl groups is 1. The van der Waals surface area contributed by atoms with Crippen molar-refractivity contribution in [2.24, 2.45) is 0 Å². The maximum Gasteiger partial charge on any atom is 0.318 e. The highest BCUT2D eigenvalue weighted by atomic mass is 35.5. The molecule has 7 nitrogen and oxygen atoms in total. The largest absolute Gasteiger partial charge is 0.394 e. The number of aromatic nitrogens is 2. The van der Waals surface area contributed by atoms with Crippen LogP contribution in [0.1, 0.15) is 23.7 Å². The summed E-state index contributed by atoms with van der Waals surface area (Å²) in [5.41, 5.74) is 2.41. The Hall–Kier alpha value is -2.45. The maximum atomic E-state index is 13.5. The van der Waals surface area contributed by atoms with Gasteiger partial charge in [0.1, 0.15) is 5.82 Å². The van der Waals surface area contributed by atoms with E-state index in [0.717, 1.165) is 11.3 Å². The SMILES string of the molecule is C[C@@H](CO)Nc1ncc2c(n1)CN(C(=O)NCc1ccc(Cl)c(F)c1)CC2. The van der Waals surface area contributed by atoms with Gasteiger partial charge in [-0.3, -0.25) is 0 Å². The summed E-state index contributed by atoms with van der Waals surface area (Å²) >= 11 is 5.66. The van der Waals surface area contributed by atoms with Crippen molar-refractivity contribution in [2.45, 2.75) is 32.5 Å². The number of carbonyl (C=O) groups is 1. The maximum absolute atomic E-state index is 13.5. The summed E-state index contributed by atoms with van der Waals surface area (Å²) in [6, 6.07) is 4.04. The molecule has 27 heavy (non-hydrogen) atoms. The van der Waals surface area contributed by atoms with E-state index in [4.69, 9.17) is 16.7 Å². The van der Waals surface area contributed by atoms with Crippen LogP contribution in [0.25, 0.3) is 0 Å². The van der Waals surface area contributed by atoms with E-state index in [-0.39, 0.29) is 30.2 Å². The van der Waals surface area contributed by atoms with Crippen molar-refractivity contribution in [2.75, 3.05) is 18.5 Å². The molecular weight excluding hydrogens is 373 g/mol. The van der Waals surface area contributed by atoms with Gasteiger partial charge in [0.2, 0.25) is 5.95 Å². The number of hydrogen-bond acceptors (Lipinski definition) is 5. The Balaban J connectivity index is 1.61. The zero-order chi connectivity index (χ0) is 19.4. The van der Waals surface area contributed by atoms with E-state index in [1.165, 1.54) is 12.1 Å². The van der Waals surface area contributed by atoms with Gasteiger partial charge in [0.05, 0.1) is 23.9 Å². The molecule has 0 spiro atoms. The molecule has 1 aliphatic rings. The number of urea groups is 1. The fourth-order valence-electron chi connectivity index (χ4n) is 2.75. The smallest absolute Gasteiger partial charge is 0.318 e. The Morgan fingerprint density at radius 2 is 2.30 bits per heavy atom. The molecule has 1 aromatic carbocycles. The molecule has 0 radical (unpaired) electrons. The van der Waals surface area contributed by atoms with E-state index in [1.807, 2.05) is 6.92 Å². The van der Waals surface area contributed by atoms with Crippen LogP contribution in [0, 0.1) is 5.82 Å². The number of amides is 2. The quantitative estimate of drug-likeness (QED) is 0.725. The van der Waals surface area contributed by atoms with Crippen LogP contribution in [-0.2, 0) is 19.5 Å². The van der Waals surface area contributed by atoms with Gasteiger partial charge in [-0.2, -0.15) is 0 Å². The summed E-state index contributed by atoms with van der Waals surface area (Å²) in [6.07, 6.45) is 2.41. The van der Waals surface area contributed by atoms with E-state index < -0.39 is 5.82 Å². The van der Waals surface area contributed by atoms with E-state index in [0.29, 0.717) is 31.0 Å². The molecular formula is C18H21ClFN5O2. The molecule has 3 rings (SSSR count). The predicted molar refractivity (Wildman–Crippen MR) is 100.0 cm³/mol.